The van der Waals surface area contributed by atoms with Crippen molar-refractivity contribution >= 4 is 11.8 Å². The van der Waals surface area contributed by atoms with Gasteiger partial charge in [-0.2, -0.15) is 0 Å². The second-order valence-corrected chi connectivity index (χ2v) is 7.95. The van der Waals surface area contributed by atoms with Gasteiger partial charge in [-0.05, 0) is 58.4 Å². The molecular formula is C18H26FN3O2. The lowest BCUT2D eigenvalue weighted by Crippen LogP contribution is -2.53. The minimum absolute atomic E-state index is 0.113. The van der Waals surface area contributed by atoms with Crippen molar-refractivity contribution in [2.45, 2.75) is 52.2 Å². The maximum Gasteiger partial charge on any atom is 0.407 e. The number of aromatic nitrogens is 1. The lowest BCUT2D eigenvalue weighted by atomic mass is 9.92. The Morgan fingerprint density at radius 2 is 1.96 bits per heavy atom. The summed E-state index contributed by atoms with van der Waals surface area (Å²) in [7, 11) is 0. The molecule has 2 atom stereocenters. The highest BCUT2D eigenvalue weighted by molar-refractivity contribution is 5.68. The highest BCUT2D eigenvalue weighted by Crippen LogP contribution is 2.39. The first kappa shape index (κ1) is 17.0. The number of piperidine rings is 1. The number of anilines is 1. The van der Waals surface area contributed by atoms with Crippen LogP contribution >= 0.6 is 0 Å². The molecule has 0 aromatic carbocycles. The van der Waals surface area contributed by atoms with Gasteiger partial charge in [0.05, 0.1) is 11.9 Å². The van der Waals surface area contributed by atoms with Crippen molar-refractivity contribution in [2.75, 3.05) is 18.0 Å². The zero-order valence-corrected chi connectivity index (χ0v) is 14.8. The van der Waals surface area contributed by atoms with E-state index in [-0.39, 0.29) is 18.0 Å². The Hall–Kier alpha value is -1.85. The number of fused-ring (bicyclic) bond motifs is 2. The molecule has 2 bridgehead atoms. The van der Waals surface area contributed by atoms with E-state index in [1.807, 2.05) is 27.7 Å². The number of rotatable bonds is 2. The Labute approximate surface area is 142 Å². The highest BCUT2D eigenvalue weighted by Gasteiger charge is 2.43. The van der Waals surface area contributed by atoms with Crippen LogP contribution in [0.4, 0.5) is 14.9 Å². The summed E-state index contributed by atoms with van der Waals surface area (Å²) in [6.45, 7) is 8.94. The van der Waals surface area contributed by atoms with E-state index in [0.29, 0.717) is 17.5 Å². The van der Waals surface area contributed by atoms with Crippen LogP contribution in [0, 0.1) is 24.6 Å². The molecule has 1 saturated carbocycles. The van der Waals surface area contributed by atoms with Crippen LogP contribution in [0.25, 0.3) is 0 Å². The number of aryl methyl sites for hydroxylation is 1. The first-order chi connectivity index (χ1) is 11.2. The molecule has 3 rings (SSSR count). The lowest BCUT2D eigenvalue weighted by Gasteiger charge is -2.39. The Morgan fingerprint density at radius 3 is 2.54 bits per heavy atom. The molecule has 2 aliphatic rings. The molecule has 1 saturated heterocycles. The summed E-state index contributed by atoms with van der Waals surface area (Å²) in [4.78, 5) is 18.2. The number of pyridine rings is 1. The third-order valence-electron chi connectivity index (χ3n) is 4.83. The second kappa shape index (κ2) is 6.22. The van der Waals surface area contributed by atoms with E-state index in [1.165, 1.54) is 6.20 Å². The summed E-state index contributed by atoms with van der Waals surface area (Å²) < 4.78 is 19.5. The zero-order valence-electron chi connectivity index (χ0n) is 14.8. The molecule has 1 aliphatic carbocycles. The average Bonchev–Trinajstić information content (AvgIpc) is 2.70. The molecule has 5 nitrogen and oxygen atoms in total. The van der Waals surface area contributed by atoms with Gasteiger partial charge in [-0.25, -0.2) is 9.18 Å². The fraction of sp³-hybridized carbons (Fsp3) is 0.667. The Balaban J connectivity index is 1.68. The second-order valence-electron chi connectivity index (χ2n) is 7.95. The SMILES string of the molecule is Cc1cc(N2CC3CCC(C2)C3NC(=O)OC(C)(C)C)c(F)cn1. The fourth-order valence-electron chi connectivity index (χ4n) is 3.87. The van der Waals surface area contributed by atoms with E-state index in [1.54, 1.807) is 6.07 Å². The molecular weight excluding hydrogens is 309 g/mol. The summed E-state index contributed by atoms with van der Waals surface area (Å²) in [6, 6.07) is 1.92. The number of ether oxygens (including phenoxy) is 1. The lowest BCUT2D eigenvalue weighted by molar-refractivity contribution is 0.0472. The molecule has 24 heavy (non-hydrogen) atoms. The molecule has 2 heterocycles. The Morgan fingerprint density at radius 1 is 1.33 bits per heavy atom. The smallest absolute Gasteiger partial charge is 0.407 e. The standard InChI is InChI=1S/C18H26FN3O2/c1-11-7-15(14(19)8-20-11)22-9-12-5-6-13(10-22)16(12)21-17(23)24-18(2,3)4/h7-8,12-13,16H,5-6,9-10H2,1-4H3,(H,21,23). The van der Waals surface area contributed by atoms with Crippen molar-refractivity contribution in [3.8, 4) is 0 Å². The van der Waals surface area contributed by atoms with Crippen LogP contribution in [0.5, 0.6) is 0 Å². The number of carbonyl (C=O) groups excluding carboxylic acids is 1. The zero-order chi connectivity index (χ0) is 17.5. The van der Waals surface area contributed by atoms with Crippen molar-refractivity contribution in [1.29, 1.82) is 0 Å². The molecule has 2 fully saturated rings. The fourth-order valence-corrected chi connectivity index (χ4v) is 3.87. The van der Waals surface area contributed by atoms with Gasteiger partial charge < -0.3 is 15.0 Å². The van der Waals surface area contributed by atoms with Crippen molar-refractivity contribution in [3.63, 3.8) is 0 Å². The van der Waals surface area contributed by atoms with Crippen molar-refractivity contribution in [1.82, 2.24) is 10.3 Å². The largest absolute Gasteiger partial charge is 0.444 e. The van der Waals surface area contributed by atoms with Gasteiger partial charge in [0.15, 0.2) is 5.82 Å². The van der Waals surface area contributed by atoms with E-state index < -0.39 is 5.60 Å². The monoisotopic (exact) mass is 335 g/mol. The van der Waals surface area contributed by atoms with Crippen LogP contribution in [-0.2, 0) is 4.74 Å². The molecule has 2 unspecified atom stereocenters. The quantitative estimate of drug-likeness (QED) is 0.901. The molecule has 6 heteroatoms. The van der Waals surface area contributed by atoms with Gasteiger partial charge in [0.2, 0.25) is 0 Å². The number of hydrogen-bond donors (Lipinski definition) is 1. The number of hydrogen-bond acceptors (Lipinski definition) is 4. The normalized spacial score (nSPS) is 26.4. The summed E-state index contributed by atoms with van der Waals surface area (Å²) >= 11 is 0. The van der Waals surface area contributed by atoms with Crippen LogP contribution in [0.3, 0.4) is 0 Å². The summed E-state index contributed by atoms with van der Waals surface area (Å²) in [5.41, 5.74) is 0.935. The van der Waals surface area contributed by atoms with Gasteiger partial charge in [-0.3, -0.25) is 4.98 Å². The van der Waals surface area contributed by atoms with E-state index in [2.05, 4.69) is 15.2 Å². The highest BCUT2D eigenvalue weighted by atomic mass is 19.1. The molecule has 1 aliphatic heterocycles. The molecule has 1 aromatic rings. The molecule has 1 aromatic heterocycles. The van der Waals surface area contributed by atoms with E-state index in [9.17, 15) is 9.18 Å². The van der Waals surface area contributed by atoms with Crippen LogP contribution in [0.1, 0.15) is 39.3 Å². The predicted octanol–water partition coefficient (Wildman–Crippen LogP) is 3.27. The molecule has 1 amide bonds. The van der Waals surface area contributed by atoms with Crippen molar-refractivity contribution < 1.29 is 13.9 Å². The first-order valence-electron chi connectivity index (χ1n) is 8.59. The number of nitrogens with zero attached hydrogens (tertiary/aromatic N) is 2. The van der Waals surface area contributed by atoms with Crippen LogP contribution < -0.4 is 10.2 Å². The minimum atomic E-state index is -0.498. The van der Waals surface area contributed by atoms with Gasteiger partial charge in [-0.1, -0.05) is 0 Å². The maximum absolute atomic E-state index is 14.1. The van der Waals surface area contributed by atoms with Gasteiger partial charge in [0, 0.05) is 24.8 Å². The molecule has 0 radical (unpaired) electrons. The van der Waals surface area contributed by atoms with Crippen LogP contribution in [-0.4, -0.2) is 35.8 Å². The number of alkyl carbamates (subject to hydrolysis) is 1. The third-order valence-corrected chi connectivity index (χ3v) is 4.83. The Bertz CT molecular complexity index is 615. The maximum atomic E-state index is 14.1. The van der Waals surface area contributed by atoms with Crippen molar-refractivity contribution in [3.05, 3.63) is 23.8 Å². The van der Waals surface area contributed by atoms with Gasteiger partial charge in [0.25, 0.3) is 0 Å². The molecule has 0 spiro atoms. The van der Waals surface area contributed by atoms with Crippen molar-refractivity contribution in [2.24, 2.45) is 11.8 Å². The van der Waals surface area contributed by atoms with E-state index >= 15 is 0 Å². The number of halogens is 1. The Kier molecular flexibility index (Phi) is 4.40. The van der Waals surface area contributed by atoms with Gasteiger partial charge >= 0.3 is 6.09 Å². The number of nitrogens with one attached hydrogen (secondary N) is 1. The number of amides is 1. The first-order valence-corrected chi connectivity index (χ1v) is 8.59. The van der Waals surface area contributed by atoms with Crippen LogP contribution in [0.2, 0.25) is 0 Å². The third kappa shape index (κ3) is 3.62. The average molecular weight is 335 g/mol. The van der Waals surface area contributed by atoms with Crippen LogP contribution in [0.15, 0.2) is 12.3 Å². The number of carbonyl (C=O) groups is 1. The van der Waals surface area contributed by atoms with Gasteiger partial charge in [0.1, 0.15) is 5.60 Å². The van der Waals surface area contributed by atoms with Gasteiger partial charge in [-0.15, -0.1) is 0 Å². The van der Waals surface area contributed by atoms with E-state index in [0.717, 1.165) is 31.6 Å². The predicted molar refractivity (Wildman–Crippen MR) is 90.5 cm³/mol. The molecule has 132 valence electrons. The van der Waals surface area contributed by atoms with E-state index in [4.69, 9.17) is 4.74 Å². The topological polar surface area (TPSA) is 54.5 Å². The summed E-state index contributed by atoms with van der Waals surface area (Å²) in [5.74, 6) is 0.367. The minimum Gasteiger partial charge on any atom is -0.444 e. The molecule has 1 N–H and O–H groups in total. The summed E-state index contributed by atoms with van der Waals surface area (Å²) in [5, 5.41) is 3.04. The summed E-state index contributed by atoms with van der Waals surface area (Å²) in [6.07, 6.45) is 3.03.